The number of aromatic nitrogens is 2. The molecule has 6 aromatic rings. The van der Waals surface area contributed by atoms with Crippen LogP contribution in [0.15, 0.2) is 121 Å². The predicted molar refractivity (Wildman–Crippen MR) is 160 cm³/mol. The van der Waals surface area contributed by atoms with Gasteiger partial charge in [-0.25, -0.2) is 4.68 Å². The number of aryl methyl sites for hydroxylation is 1. The van der Waals surface area contributed by atoms with Gasteiger partial charge in [-0.1, -0.05) is 109 Å². The van der Waals surface area contributed by atoms with E-state index in [1.165, 1.54) is 59.8 Å². The Morgan fingerprint density at radius 2 is 1.03 bits per heavy atom. The first kappa shape index (κ1) is 21.6. The smallest absolute Gasteiger partial charge is 0.182 e. The molecule has 3 heterocycles. The first-order valence-corrected chi connectivity index (χ1v) is 15.3. The first-order chi connectivity index (χ1) is 18.7. The number of fused-ring (bicyclic) bond motifs is 10. The van der Waals surface area contributed by atoms with Gasteiger partial charge in [0.2, 0.25) is 0 Å². The first-order valence-electron chi connectivity index (χ1n) is 13.3. The van der Waals surface area contributed by atoms with Crippen molar-refractivity contribution in [1.82, 2.24) is 9.78 Å². The van der Waals surface area contributed by atoms with Crippen LogP contribution in [-0.2, 0) is 0 Å². The highest BCUT2D eigenvalue weighted by molar-refractivity contribution is 7.24. The summed E-state index contributed by atoms with van der Waals surface area (Å²) in [7, 11) is -2.44. The lowest BCUT2D eigenvalue weighted by Crippen LogP contribution is -2.70. The topological polar surface area (TPSA) is 17.8 Å². The van der Waals surface area contributed by atoms with Gasteiger partial charge < -0.3 is 0 Å². The highest BCUT2D eigenvalue weighted by Crippen LogP contribution is 2.38. The van der Waals surface area contributed by atoms with Crippen LogP contribution in [0.4, 0.5) is 0 Å². The van der Waals surface area contributed by atoms with Gasteiger partial charge >= 0.3 is 0 Å². The molecule has 1 spiro atoms. The minimum atomic E-state index is -2.44. The van der Waals surface area contributed by atoms with E-state index in [-0.39, 0.29) is 0 Å². The lowest BCUT2D eigenvalue weighted by molar-refractivity contribution is 0.834. The molecule has 2 aliphatic rings. The molecule has 1 aromatic heterocycles. The van der Waals surface area contributed by atoms with Crippen molar-refractivity contribution in [1.29, 1.82) is 0 Å². The number of benzene rings is 5. The van der Waals surface area contributed by atoms with Gasteiger partial charge in [-0.05, 0) is 74.5 Å². The zero-order valence-corrected chi connectivity index (χ0v) is 22.4. The van der Waals surface area contributed by atoms with Gasteiger partial charge in [-0.3, -0.25) is 0 Å². The van der Waals surface area contributed by atoms with Crippen LogP contribution in [0, 0.1) is 13.8 Å². The van der Waals surface area contributed by atoms with Crippen LogP contribution < -0.4 is 20.7 Å². The third kappa shape index (κ3) is 2.64. The Hall–Kier alpha value is -4.47. The molecule has 0 unspecified atom stereocenters. The van der Waals surface area contributed by atoms with Gasteiger partial charge in [0.25, 0.3) is 0 Å². The van der Waals surface area contributed by atoms with E-state index >= 15 is 0 Å². The lowest BCUT2D eigenvalue weighted by Gasteiger charge is -2.28. The van der Waals surface area contributed by atoms with Crippen molar-refractivity contribution in [3.05, 3.63) is 133 Å². The Labute approximate surface area is 223 Å². The van der Waals surface area contributed by atoms with Gasteiger partial charge in [-0.2, -0.15) is 5.10 Å². The number of hydrogen-bond acceptors (Lipinski definition) is 1. The average molecular weight is 503 g/mol. The zero-order valence-electron chi connectivity index (χ0n) is 21.4. The van der Waals surface area contributed by atoms with E-state index < -0.39 is 8.07 Å². The largest absolute Gasteiger partial charge is 0.237 e. The fourth-order valence-corrected chi connectivity index (χ4v) is 12.8. The second-order valence-electron chi connectivity index (χ2n) is 10.4. The molecule has 38 heavy (non-hydrogen) atoms. The summed E-state index contributed by atoms with van der Waals surface area (Å²) in [6.07, 6.45) is 0. The fourth-order valence-electron chi connectivity index (χ4n) is 7.13. The maximum absolute atomic E-state index is 4.98. The second kappa shape index (κ2) is 7.76. The molecule has 0 amide bonds. The summed E-state index contributed by atoms with van der Waals surface area (Å²) < 4.78 is 2.08. The molecular formula is C35H26N2Si. The molecule has 0 N–H and O–H groups in total. The van der Waals surface area contributed by atoms with Crippen molar-refractivity contribution in [2.45, 2.75) is 13.8 Å². The number of para-hydroxylation sites is 1. The fraction of sp³-hybridized carbons (Fsp3) is 0.0571. The summed E-state index contributed by atoms with van der Waals surface area (Å²) in [6.45, 7) is 4.33. The minimum absolute atomic E-state index is 1.06. The second-order valence-corrected chi connectivity index (χ2v) is 14.1. The third-order valence-corrected chi connectivity index (χ3v) is 13.5. The predicted octanol–water partition coefficient (Wildman–Crippen LogP) is 5.49. The van der Waals surface area contributed by atoms with E-state index in [0.717, 1.165) is 11.4 Å². The number of hydrogen-bond donors (Lipinski definition) is 0. The molecule has 2 aliphatic heterocycles. The Morgan fingerprint density at radius 3 is 1.61 bits per heavy atom. The van der Waals surface area contributed by atoms with Crippen molar-refractivity contribution in [2.75, 3.05) is 0 Å². The van der Waals surface area contributed by atoms with E-state index in [1.54, 1.807) is 0 Å². The summed E-state index contributed by atoms with van der Waals surface area (Å²) in [5.74, 6) is 0. The van der Waals surface area contributed by atoms with Crippen LogP contribution in [0.25, 0.3) is 39.1 Å². The molecule has 3 heteroatoms. The van der Waals surface area contributed by atoms with Gasteiger partial charge in [0.1, 0.15) is 0 Å². The Morgan fingerprint density at radius 1 is 0.526 bits per heavy atom. The average Bonchev–Trinajstić information content (AvgIpc) is 3.56. The van der Waals surface area contributed by atoms with Crippen molar-refractivity contribution >= 4 is 28.8 Å². The van der Waals surface area contributed by atoms with Crippen molar-refractivity contribution < 1.29 is 0 Å². The van der Waals surface area contributed by atoms with E-state index in [4.69, 9.17) is 5.10 Å². The van der Waals surface area contributed by atoms with Gasteiger partial charge in [-0.15, -0.1) is 0 Å². The summed E-state index contributed by atoms with van der Waals surface area (Å²) >= 11 is 0. The molecule has 0 saturated carbocycles. The minimum Gasteiger partial charge on any atom is -0.237 e. The van der Waals surface area contributed by atoms with Crippen LogP contribution in [0.3, 0.4) is 0 Å². The highest BCUT2D eigenvalue weighted by Gasteiger charge is 2.53. The molecule has 0 saturated heterocycles. The molecule has 0 atom stereocenters. The SMILES string of the molecule is Cc1nn(-c2ccccc2)c(C)c1-c1ccc2c(c1)[Si]1(c3ccccc3-c3ccccc31)c1ccccc1-2. The number of nitrogens with zero attached hydrogens (tertiary/aromatic N) is 2. The molecule has 180 valence electrons. The van der Waals surface area contributed by atoms with Crippen molar-refractivity contribution in [3.8, 4) is 39.1 Å². The molecule has 0 bridgehead atoms. The molecule has 8 rings (SSSR count). The Balaban J connectivity index is 1.43. The van der Waals surface area contributed by atoms with E-state index in [0.29, 0.717) is 0 Å². The van der Waals surface area contributed by atoms with Gasteiger partial charge in [0.15, 0.2) is 8.07 Å². The summed E-state index contributed by atoms with van der Waals surface area (Å²) in [5.41, 5.74) is 11.4. The van der Waals surface area contributed by atoms with E-state index in [9.17, 15) is 0 Å². The normalized spacial score (nSPS) is 13.7. The maximum Gasteiger partial charge on any atom is 0.182 e. The van der Waals surface area contributed by atoms with Gasteiger partial charge in [0.05, 0.1) is 11.4 Å². The van der Waals surface area contributed by atoms with Crippen molar-refractivity contribution in [3.63, 3.8) is 0 Å². The third-order valence-electron chi connectivity index (χ3n) is 8.58. The highest BCUT2D eigenvalue weighted by atomic mass is 28.3. The van der Waals surface area contributed by atoms with Crippen LogP contribution >= 0.6 is 0 Å². The molecule has 0 radical (unpaired) electrons. The van der Waals surface area contributed by atoms with Crippen LogP contribution in [-0.4, -0.2) is 17.9 Å². The summed E-state index contributed by atoms with van der Waals surface area (Å²) in [4.78, 5) is 0. The standard InChI is InChI=1S/C35H26N2Si/c1-23-35(24(2)37(36-23)26-12-4-3-5-13-26)25-20-21-30-29-16-8-11-19-33(29)38(34(30)22-25)31-17-9-6-14-27(31)28-15-7-10-18-32(28)38/h3-22H,1-2H3. The van der Waals surface area contributed by atoms with E-state index in [2.05, 4.69) is 140 Å². The van der Waals surface area contributed by atoms with Crippen molar-refractivity contribution in [2.24, 2.45) is 0 Å². The zero-order chi connectivity index (χ0) is 25.4. The molecule has 2 nitrogen and oxygen atoms in total. The van der Waals surface area contributed by atoms with Crippen LogP contribution in [0.2, 0.25) is 0 Å². The summed E-state index contributed by atoms with van der Waals surface area (Å²) in [5, 5.41) is 11.0. The van der Waals surface area contributed by atoms with Gasteiger partial charge in [0, 0.05) is 11.3 Å². The Bertz CT molecular complexity index is 1830. The quantitative estimate of drug-likeness (QED) is 0.286. The summed E-state index contributed by atoms with van der Waals surface area (Å²) in [6, 6.07) is 45.0. The lowest BCUT2D eigenvalue weighted by atomic mass is 9.99. The molecular weight excluding hydrogens is 476 g/mol. The maximum atomic E-state index is 4.98. The molecule has 5 aromatic carbocycles. The molecule has 0 fully saturated rings. The van der Waals surface area contributed by atoms with E-state index in [1.807, 2.05) is 0 Å². The molecule has 0 aliphatic carbocycles. The van der Waals surface area contributed by atoms with Crippen LogP contribution in [0.5, 0.6) is 0 Å². The monoisotopic (exact) mass is 502 g/mol. The Kier molecular flexibility index (Phi) is 4.41. The van der Waals surface area contributed by atoms with Crippen LogP contribution in [0.1, 0.15) is 11.4 Å². The number of rotatable bonds is 2.